The number of para-hydroxylation sites is 1. The molecule has 2 aromatic heterocycles. The third-order valence-electron chi connectivity index (χ3n) is 3.89. The second kappa shape index (κ2) is 6.37. The van der Waals surface area contributed by atoms with Gasteiger partial charge in [0, 0.05) is 29.4 Å². The van der Waals surface area contributed by atoms with E-state index in [-0.39, 0.29) is 5.56 Å². The molecule has 0 atom stereocenters. The van der Waals surface area contributed by atoms with E-state index in [1.807, 2.05) is 36.4 Å². The molecule has 0 aliphatic carbocycles. The van der Waals surface area contributed by atoms with Crippen molar-refractivity contribution in [1.29, 1.82) is 0 Å². The Balaban J connectivity index is 1.61. The first-order chi connectivity index (χ1) is 12.2. The molecule has 0 amide bonds. The molecule has 0 aliphatic heterocycles. The van der Waals surface area contributed by atoms with Crippen molar-refractivity contribution in [2.45, 2.75) is 6.54 Å². The molecule has 124 valence electrons. The lowest BCUT2D eigenvalue weighted by Gasteiger charge is -2.11. The Labute approximate surface area is 147 Å². The van der Waals surface area contributed by atoms with Gasteiger partial charge in [-0.15, -0.1) is 4.20 Å². The van der Waals surface area contributed by atoms with Gasteiger partial charge in [0.2, 0.25) is 0 Å². The minimum atomic E-state index is -0.331. The summed E-state index contributed by atoms with van der Waals surface area (Å²) in [4.78, 5) is 15.9. The molecule has 25 heavy (non-hydrogen) atoms. The first-order valence-electron chi connectivity index (χ1n) is 7.57. The highest BCUT2D eigenvalue weighted by Crippen LogP contribution is 2.19. The number of hydrogen-bond donors (Lipinski definition) is 1. The third-order valence-corrected chi connectivity index (χ3v) is 4.13. The molecule has 1 N–H and O–H groups in total. The van der Waals surface area contributed by atoms with Crippen LogP contribution < -0.4 is 10.9 Å². The van der Waals surface area contributed by atoms with Crippen LogP contribution in [-0.2, 0) is 6.54 Å². The fourth-order valence-electron chi connectivity index (χ4n) is 2.65. The number of hydrogen-bond acceptors (Lipinski definition) is 5. The van der Waals surface area contributed by atoms with Gasteiger partial charge in [-0.2, -0.15) is 10.2 Å². The lowest BCUT2D eigenvalue weighted by atomic mass is 10.1. The van der Waals surface area contributed by atoms with Crippen LogP contribution in [0.25, 0.3) is 16.5 Å². The molecule has 4 rings (SSSR count). The molecule has 0 radical (unpaired) electrons. The predicted octanol–water partition coefficient (Wildman–Crippen LogP) is 2.59. The van der Waals surface area contributed by atoms with Crippen molar-refractivity contribution in [1.82, 2.24) is 24.1 Å². The molecule has 0 saturated heterocycles. The number of fused-ring (bicyclic) bond motifs is 1. The van der Waals surface area contributed by atoms with Gasteiger partial charge in [-0.25, -0.2) is 9.67 Å². The summed E-state index contributed by atoms with van der Waals surface area (Å²) >= 11 is 5.70. The third kappa shape index (κ3) is 2.97. The monoisotopic (exact) mass is 352 g/mol. The van der Waals surface area contributed by atoms with Gasteiger partial charge >= 0.3 is 0 Å². The van der Waals surface area contributed by atoms with E-state index in [0.29, 0.717) is 11.9 Å². The Kier molecular flexibility index (Phi) is 3.91. The number of benzene rings is 2. The van der Waals surface area contributed by atoms with E-state index in [1.54, 1.807) is 23.3 Å². The van der Waals surface area contributed by atoms with Crippen LogP contribution in [0.15, 0.2) is 66.1 Å². The average molecular weight is 353 g/mol. The van der Waals surface area contributed by atoms with Crippen LogP contribution in [0, 0.1) is 0 Å². The predicted molar refractivity (Wildman–Crippen MR) is 95.9 cm³/mol. The summed E-state index contributed by atoms with van der Waals surface area (Å²) in [7, 11) is 0. The molecular formula is C17H13ClN6O. The van der Waals surface area contributed by atoms with Crippen molar-refractivity contribution in [3.63, 3.8) is 0 Å². The number of nitrogens with one attached hydrogen (secondary N) is 1. The maximum atomic E-state index is 11.9. The van der Waals surface area contributed by atoms with E-state index in [2.05, 4.69) is 20.5 Å². The largest absolute Gasteiger partial charge is 0.381 e. The summed E-state index contributed by atoms with van der Waals surface area (Å²) in [5.74, 6) is 0. The van der Waals surface area contributed by atoms with Crippen LogP contribution in [0.5, 0.6) is 0 Å². The van der Waals surface area contributed by atoms with Gasteiger partial charge in [-0.05, 0) is 29.8 Å². The zero-order valence-electron chi connectivity index (χ0n) is 13.0. The van der Waals surface area contributed by atoms with E-state index in [4.69, 9.17) is 11.8 Å². The molecule has 2 heterocycles. The van der Waals surface area contributed by atoms with Crippen molar-refractivity contribution in [3.05, 3.63) is 77.2 Å². The Bertz CT molecular complexity index is 1090. The maximum absolute atomic E-state index is 11.9. The van der Waals surface area contributed by atoms with Gasteiger partial charge in [0.05, 0.1) is 17.3 Å². The van der Waals surface area contributed by atoms with Gasteiger partial charge in [0.1, 0.15) is 12.7 Å². The zero-order chi connectivity index (χ0) is 17.2. The van der Waals surface area contributed by atoms with E-state index in [1.165, 1.54) is 6.33 Å². The van der Waals surface area contributed by atoms with Crippen LogP contribution in [0.1, 0.15) is 5.56 Å². The highest BCUT2D eigenvalue weighted by Gasteiger charge is 2.06. The zero-order valence-corrected chi connectivity index (χ0v) is 13.8. The van der Waals surface area contributed by atoms with Gasteiger partial charge < -0.3 is 5.32 Å². The summed E-state index contributed by atoms with van der Waals surface area (Å²) in [5, 5.41) is 12.6. The molecule has 8 heteroatoms. The van der Waals surface area contributed by atoms with Gasteiger partial charge in [0.25, 0.3) is 5.56 Å². The normalized spacial score (nSPS) is 10.9. The van der Waals surface area contributed by atoms with E-state index in [9.17, 15) is 4.79 Å². The molecule has 0 spiro atoms. The number of nitrogens with zero attached hydrogens (tertiary/aromatic N) is 5. The summed E-state index contributed by atoms with van der Waals surface area (Å²) in [6, 6.07) is 13.4. The van der Waals surface area contributed by atoms with E-state index in [0.717, 1.165) is 26.5 Å². The summed E-state index contributed by atoms with van der Waals surface area (Å²) in [5.41, 5.74) is 2.58. The first-order valence-corrected chi connectivity index (χ1v) is 7.91. The molecule has 2 aromatic carbocycles. The van der Waals surface area contributed by atoms with Crippen LogP contribution in [0.3, 0.4) is 0 Å². The van der Waals surface area contributed by atoms with Gasteiger partial charge in [0.15, 0.2) is 0 Å². The Morgan fingerprint density at radius 2 is 2.00 bits per heavy atom. The molecule has 4 aromatic rings. The Hall–Kier alpha value is -3.19. The van der Waals surface area contributed by atoms with Crippen LogP contribution in [-0.4, -0.2) is 24.1 Å². The first kappa shape index (κ1) is 15.3. The Morgan fingerprint density at radius 1 is 1.12 bits per heavy atom. The maximum Gasteiger partial charge on any atom is 0.289 e. The molecule has 0 saturated carbocycles. The minimum Gasteiger partial charge on any atom is -0.381 e. The van der Waals surface area contributed by atoms with Crippen molar-refractivity contribution in [3.8, 4) is 5.69 Å². The van der Waals surface area contributed by atoms with E-state index < -0.39 is 0 Å². The second-order valence-electron chi connectivity index (χ2n) is 5.43. The molecule has 0 fully saturated rings. The second-order valence-corrected chi connectivity index (χ2v) is 5.75. The average Bonchev–Trinajstić information content (AvgIpc) is 3.18. The highest BCUT2D eigenvalue weighted by molar-refractivity contribution is 6.15. The number of halogens is 1. The van der Waals surface area contributed by atoms with E-state index >= 15 is 0 Å². The quantitative estimate of drug-likeness (QED) is 0.611. The minimum absolute atomic E-state index is 0.331. The van der Waals surface area contributed by atoms with Crippen molar-refractivity contribution in [2.24, 2.45) is 0 Å². The smallest absolute Gasteiger partial charge is 0.289 e. The highest BCUT2D eigenvalue weighted by atomic mass is 35.5. The fraction of sp³-hybridized carbons (Fsp3) is 0.0588. The molecule has 7 nitrogen and oxygen atoms in total. The standard InChI is InChI=1S/C17H13ClN6O/c18-24-17(25)15-6-5-14(7-13(15)9-21-24)20-8-12-3-1-2-4-16(12)23-11-19-10-22-23/h1-7,9-11,20H,8H2. The topological polar surface area (TPSA) is 77.6 Å². The van der Waals surface area contributed by atoms with Crippen molar-refractivity contribution >= 4 is 28.2 Å². The molecule has 0 unspecified atom stereocenters. The van der Waals surface area contributed by atoms with Gasteiger partial charge in [-0.1, -0.05) is 18.2 Å². The molecule has 0 aliphatic rings. The summed E-state index contributed by atoms with van der Waals surface area (Å²) in [6.45, 7) is 0.599. The van der Waals surface area contributed by atoms with Crippen molar-refractivity contribution < 1.29 is 0 Å². The molecular weight excluding hydrogens is 340 g/mol. The lowest BCUT2D eigenvalue weighted by Crippen LogP contribution is -2.15. The Morgan fingerprint density at radius 3 is 2.84 bits per heavy atom. The number of rotatable bonds is 4. The van der Waals surface area contributed by atoms with Crippen LogP contribution >= 0.6 is 11.8 Å². The van der Waals surface area contributed by atoms with Crippen LogP contribution in [0.4, 0.5) is 5.69 Å². The molecule has 0 bridgehead atoms. The summed E-state index contributed by atoms with van der Waals surface area (Å²) < 4.78 is 2.54. The fourth-order valence-corrected chi connectivity index (χ4v) is 2.79. The summed E-state index contributed by atoms with van der Waals surface area (Å²) in [6.07, 6.45) is 4.74. The van der Waals surface area contributed by atoms with Crippen LogP contribution in [0.2, 0.25) is 0 Å². The SMILES string of the molecule is O=c1c2ccc(NCc3ccccc3-n3cncn3)cc2cnn1Cl. The van der Waals surface area contributed by atoms with Gasteiger partial charge in [-0.3, -0.25) is 4.79 Å². The van der Waals surface area contributed by atoms with Crippen molar-refractivity contribution in [2.75, 3.05) is 5.32 Å². The lowest BCUT2D eigenvalue weighted by molar-refractivity contribution is 0.862. The number of anilines is 1. The number of aromatic nitrogens is 5.